The van der Waals surface area contributed by atoms with Crippen molar-refractivity contribution in [1.29, 1.82) is 0 Å². The molecule has 1 saturated heterocycles. The summed E-state index contributed by atoms with van der Waals surface area (Å²) in [6, 6.07) is 1.30. The lowest BCUT2D eigenvalue weighted by atomic mass is 9.95. The normalized spacial score (nSPS) is 16.8. The van der Waals surface area contributed by atoms with Crippen LogP contribution in [0.3, 0.4) is 0 Å². The second-order valence-corrected chi connectivity index (χ2v) is 8.06. The van der Waals surface area contributed by atoms with E-state index in [0.717, 1.165) is 11.0 Å². The number of nitrogens with one attached hydrogen (secondary N) is 1. The topological polar surface area (TPSA) is 69.6 Å². The first-order chi connectivity index (χ1) is 16.5. The fourth-order valence-corrected chi connectivity index (χ4v) is 3.82. The fraction of sp³-hybridized carbons (Fsp3) is 0.364. The number of rotatable bonds is 4. The van der Waals surface area contributed by atoms with Crippen molar-refractivity contribution in [3.05, 3.63) is 58.7 Å². The van der Waals surface area contributed by atoms with Gasteiger partial charge in [0, 0.05) is 13.1 Å². The van der Waals surface area contributed by atoms with E-state index in [2.05, 4.69) is 5.32 Å². The van der Waals surface area contributed by atoms with Crippen molar-refractivity contribution in [2.45, 2.75) is 44.0 Å². The Morgan fingerprint density at radius 2 is 1.28 bits per heavy atom. The number of hydrogen-bond acceptors (Lipinski definition) is 2. The SMILES string of the molecule is O=C(NCc1cc(-c2cc(C(F)(F)F)cc(C(F)(F)F)c2)cc(C(F)(F)F)c1)[C@H]1CCCN1C(=O)O. The molecule has 0 aromatic heterocycles. The molecule has 2 N–H and O–H groups in total. The summed E-state index contributed by atoms with van der Waals surface area (Å²) in [6.07, 6.45) is -16.2. The molecule has 36 heavy (non-hydrogen) atoms. The van der Waals surface area contributed by atoms with Gasteiger partial charge in [-0.1, -0.05) is 0 Å². The molecule has 1 heterocycles. The Bertz CT molecular complexity index is 1120. The summed E-state index contributed by atoms with van der Waals surface area (Å²) in [5, 5.41) is 11.4. The van der Waals surface area contributed by atoms with Gasteiger partial charge in [-0.25, -0.2) is 4.79 Å². The second-order valence-electron chi connectivity index (χ2n) is 8.06. The average Bonchev–Trinajstić information content (AvgIpc) is 3.25. The third kappa shape index (κ3) is 6.21. The highest BCUT2D eigenvalue weighted by atomic mass is 19.4. The van der Waals surface area contributed by atoms with E-state index in [1.54, 1.807) is 0 Å². The van der Waals surface area contributed by atoms with Crippen LogP contribution in [0.15, 0.2) is 36.4 Å². The monoisotopic (exact) mass is 528 g/mol. The molecule has 1 aliphatic heterocycles. The van der Waals surface area contributed by atoms with Gasteiger partial charge in [-0.05, 0) is 65.9 Å². The van der Waals surface area contributed by atoms with E-state index >= 15 is 0 Å². The van der Waals surface area contributed by atoms with E-state index in [-0.39, 0.29) is 24.6 Å². The average molecular weight is 528 g/mol. The van der Waals surface area contributed by atoms with Gasteiger partial charge in [0.15, 0.2) is 0 Å². The Morgan fingerprint density at radius 1 is 0.806 bits per heavy atom. The van der Waals surface area contributed by atoms with Gasteiger partial charge in [0.2, 0.25) is 5.91 Å². The zero-order valence-electron chi connectivity index (χ0n) is 18.0. The van der Waals surface area contributed by atoms with Gasteiger partial charge in [0.1, 0.15) is 6.04 Å². The third-order valence-electron chi connectivity index (χ3n) is 5.51. The predicted molar refractivity (Wildman–Crippen MR) is 106 cm³/mol. The van der Waals surface area contributed by atoms with Crippen LogP contribution in [0.25, 0.3) is 11.1 Å². The molecule has 2 aromatic rings. The Morgan fingerprint density at radius 3 is 1.75 bits per heavy atom. The van der Waals surface area contributed by atoms with E-state index in [1.807, 2.05) is 0 Å². The van der Waals surface area contributed by atoms with E-state index in [1.165, 1.54) is 0 Å². The lowest BCUT2D eigenvalue weighted by Crippen LogP contribution is -2.45. The zero-order chi connectivity index (χ0) is 27.1. The molecule has 2 amide bonds. The highest BCUT2D eigenvalue weighted by molar-refractivity contribution is 5.85. The highest BCUT2D eigenvalue weighted by Gasteiger charge is 2.38. The molecule has 0 radical (unpaired) electrons. The highest BCUT2D eigenvalue weighted by Crippen LogP contribution is 2.40. The van der Waals surface area contributed by atoms with Crippen molar-refractivity contribution in [3.8, 4) is 11.1 Å². The van der Waals surface area contributed by atoms with Gasteiger partial charge in [-0.2, -0.15) is 39.5 Å². The van der Waals surface area contributed by atoms with Crippen LogP contribution < -0.4 is 5.32 Å². The van der Waals surface area contributed by atoms with Crippen molar-refractivity contribution in [2.75, 3.05) is 6.54 Å². The van der Waals surface area contributed by atoms with Crippen molar-refractivity contribution >= 4 is 12.0 Å². The molecule has 0 bridgehead atoms. The van der Waals surface area contributed by atoms with Crippen LogP contribution in [0, 0.1) is 0 Å². The molecule has 5 nitrogen and oxygen atoms in total. The van der Waals surface area contributed by atoms with Gasteiger partial charge < -0.3 is 10.4 Å². The Kier molecular flexibility index (Phi) is 7.19. The fourth-order valence-electron chi connectivity index (χ4n) is 3.82. The predicted octanol–water partition coefficient (Wildman–Crippen LogP) is 6.17. The maximum atomic E-state index is 13.5. The number of likely N-dealkylation sites (tertiary alicyclic amines) is 1. The van der Waals surface area contributed by atoms with E-state index < -0.39 is 70.9 Å². The minimum Gasteiger partial charge on any atom is -0.465 e. The smallest absolute Gasteiger partial charge is 0.416 e. The summed E-state index contributed by atoms with van der Waals surface area (Å²) < 4.78 is 120. The molecule has 196 valence electrons. The molecular formula is C22H17F9N2O3. The van der Waals surface area contributed by atoms with Crippen LogP contribution in [0.2, 0.25) is 0 Å². The number of hydrogen-bond donors (Lipinski definition) is 2. The third-order valence-corrected chi connectivity index (χ3v) is 5.51. The van der Waals surface area contributed by atoms with Gasteiger partial charge in [0.25, 0.3) is 0 Å². The molecule has 1 fully saturated rings. The van der Waals surface area contributed by atoms with Crippen LogP contribution in [0.4, 0.5) is 44.3 Å². The maximum Gasteiger partial charge on any atom is 0.416 e. The van der Waals surface area contributed by atoms with Gasteiger partial charge in [0.05, 0.1) is 16.7 Å². The summed E-state index contributed by atoms with van der Waals surface area (Å²) in [6.45, 7) is -0.497. The van der Waals surface area contributed by atoms with Crippen LogP contribution >= 0.6 is 0 Å². The minimum atomic E-state index is -5.20. The quantitative estimate of drug-likeness (QED) is 0.467. The first-order valence-electron chi connectivity index (χ1n) is 10.2. The minimum absolute atomic E-state index is 0.0816. The zero-order valence-corrected chi connectivity index (χ0v) is 18.0. The number of alkyl halides is 9. The van der Waals surface area contributed by atoms with Crippen LogP contribution in [0.1, 0.15) is 35.1 Å². The van der Waals surface area contributed by atoms with Crippen molar-refractivity contribution < 1.29 is 54.2 Å². The molecule has 1 atom stereocenters. The summed E-state index contributed by atoms with van der Waals surface area (Å²) >= 11 is 0. The molecule has 0 unspecified atom stereocenters. The number of halogens is 9. The molecule has 2 aromatic carbocycles. The Hall–Kier alpha value is -3.45. The number of carboxylic acid groups (broad SMARTS) is 1. The lowest BCUT2D eigenvalue weighted by Gasteiger charge is -2.21. The van der Waals surface area contributed by atoms with E-state index in [0.29, 0.717) is 30.7 Å². The lowest BCUT2D eigenvalue weighted by molar-refractivity contribution is -0.143. The first-order valence-corrected chi connectivity index (χ1v) is 10.2. The summed E-state index contributed by atoms with van der Waals surface area (Å²) in [4.78, 5) is 24.5. The summed E-state index contributed by atoms with van der Waals surface area (Å²) in [5.41, 5.74) is -6.37. The number of carbonyl (C=O) groups excluding carboxylic acids is 1. The van der Waals surface area contributed by atoms with E-state index in [9.17, 15) is 49.1 Å². The van der Waals surface area contributed by atoms with Gasteiger partial charge in [-0.15, -0.1) is 0 Å². The molecule has 14 heteroatoms. The Balaban J connectivity index is 2.01. The first kappa shape index (κ1) is 27.1. The number of amides is 2. The van der Waals surface area contributed by atoms with Gasteiger partial charge in [-0.3, -0.25) is 9.69 Å². The Labute approximate surface area is 197 Å². The summed E-state index contributed by atoms with van der Waals surface area (Å²) in [5.74, 6) is -0.799. The number of nitrogens with zero attached hydrogens (tertiary/aromatic N) is 1. The van der Waals surface area contributed by atoms with Crippen LogP contribution in [-0.4, -0.2) is 34.6 Å². The van der Waals surface area contributed by atoms with E-state index in [4.69, 9.17) is 5.11 Å². The summed E-state index contributed by atoms with van der Waals surface area (Å²) in [7, 11) is 0. The molecule has 1 aliphatic rings. The van der Waals surface area contributed by atoms with Gasteiger partial charge >= 0.3 is 24.6 Å². The van der Waals surface area contributed by atoms with Crippen molar-refractivity contribution in [1.82, 2.24) is 10.2 Å². The number of benzene rings is 2. The number of carbonyl (C=O) groups is 2. The maximum absolute atomic E-state index is 13.5. The van der Waals surface area contributed by atoms with Crippen molar-refractivity contribution in [2.24, 2.45) is 0 Å². The molecule has 0 saturated carbocycles. The molecular weight excluding hydrogens is 511 g/mol. The molecule has 3 rings (SSSR count). The molecule has 0 spiro atoms. The molecule has 0 aliphatic carbocycles. The second kappa shape index (κ2) is 9.54. The van der Waals surface area contributed by atoms with Crippen molar-refractivity contribution in [3.63, 3.8) is 0 Å². The standard InChI is InChI=1S/C22H17F9N2O3/c23-20(24,25)14-5-11(10-32-18(34)17-2-1-3-33(17)19(35)36)4-12(6-14)13-7-15(21(26,27)28)9-16(8-13)22(29,30)31/h4-9,17H,1-3,10H2,(H,32,34)(H,35,36)/t17-/m1/s1. The van der Waals surface area contributed by atoms with Crippen LogP contribution in [-0.2, 0) is 29.9 Å². The van der Waals surface area contributed by atoms with Crippen LogP contribution in [0.5, 0.6) is 0 Å². The largest absolute Gasteiger partial charge is 0.465 e.